The van der Waals surface area contributed by atoms with Gasteiger partial charge >= 0.3 is 11.9 Å². The summed E-state index contributed by atoms with van der Waals surface area (Å²) in [5.41, 5.74) is 0. The molecule has 0 fully saturated rings. The third-order valence-electron chi connectivity index (χ3n) is 2.29. The van der Waals surface area contributed by atoms with Crippen molar-refractivity contribution in [3.05, 3.63) is 48.5 Å². The van der Waals surface area contributed by atoms with Crippen LogP contribution in [-0.4, -0.2) is 25.7 Å². The Kier molecular flexibility index (Phi) is 23.8. The average Bonchev–Trinajstić information content (AvgIpc) is 2.66. The Balaban J connectivity index is -0.000000282. The number of esters is 2. The van der Waals surface area contributed by atoms with Gasteiger partial charge in [-0.25, -0.2) is 0 Å². The van der Waals surface area contributed by atoms with Gasteiger partial charge in [0.05, 0.1) is 13.7 Å². The number of methoxy groups -OCH3 is 1. The van der Waals surface area contributed by atoms with Crippen molar-refractivity contribution in [2.75, 3.05) is 13.7 Å². The third kappa shape index (κ3) is 19.6. The molecule has 0 amide bonds. The number of carbonyl (C=O) groups excluding carboxylic acids is 2. The topological polar surface area (TPSA) is 52.6 Å². The van der Waals surface area contributed by atoms with E-state index in [9.17, 15) is 9.59 Å². The lowest BCUT2D eigenvalue weighted by Gasteiger charge is -1.92. The molecule has 0 heterocycles. The Morgan fingerprint density at radius 3 is 1.16 bits per heavy atom. The second-order valence-corrected chi connectivity index (χ2v) is 3.97. The molecule has 0 aliphatic carbocycles. The van der Waals surface area contributed by atoms with Crippen molar-refractivity contribution in [1.29, 1.82) is 0 Å². The standard InChI is InChI=1S/C10H8.C4H8O2.C3H6O2.2C2H6/c1-2-6-10-8-4-3-7-9(10)5-1;1-3-6-4(2)5;1-3(4)5-2;2*1-2/h1-8H;3H2,1-2H3;1-2H3;2*1-2H3. The molecule has 25 heavy (non-hydrogen) atoms. The van der Waals surface area contributed by atoms with Crippen molar-refractivity contribution in [2.45, 2.75) is 48.5 Å². The lowest BCUT2D eigenvalue weighted by Crippen LogP contribution is -1.95. The number of ether oxygens (including phenoxy) is 2. The zero-order chi connectivity index (χ0) is 20.1. The van der Waals surface area contributed by atoms with E-state index in [1.807, 2.05) is 27.7 Å². The van der Waals surface area contributed by atoms with Gasteiger partial charge in [-0.05, 0) is 17.7 Å². The fourth-order valence-corrected chi connectivity index (χ4v) is 1.34. The number of benzene rings is 2. The fourth-order valence-electron chi connectivity index (χ4n) is 1.34. The molecule has 2 rings (SSSR count). The molecule has 0 spiro atoms. The summed E-state index contributed by atoms with van der Waals surface area (Å²) in [4.78, 5) is 19.4. The predicted molar refractivity (Wildman–Crippen MR) is 107 cm³/mol. The summed E-state index contributed by atoms with van der Waals surface area (Å²) in [6.45, 7) is 13.0. The molecule has 0 aliphatic rings. The second kappa shape index (κ2) is 21.6. The summed E-state index contributed by atoms with van der Waals surface area (Å²) >= 11 is 0. The molecule has 2 aromatic rings. The van der Waals surface area contributed by atoms with E-state index >= 15 is 0 Å². The maximum Gasteiger partial charge on any atom is 0.302 e. The van der Waals surface area contributed by atoms with Gasteiger partial charge in [0.15, 0.2) is 0 Å². The van der Waals surface area contributed by atoms with E-state index in [0.29, 0.717) is 6.61 Å². The highest BCUT2D eigenvalue weighted by Crippen LogP contribution is 2.11. The SMILES string of the molecule is CC.CC.CCOC(C)=O.COC(C)=O.c1ccc2ccccc2c1. The molecule has 0 atom stereocenters. The average molecular weight is 350 g/mol. The summed E-state index contributed by atoms with van der Waals surface area (Å²) in [6.07, 6.45) is 0. The minimum atomic E-state index is -0.245. The molecule has 0 aliphatic heterocycles. The molecular weight excluding hydrogens is 316 g/mol. The van der Waals surface area contributed by atoms with Crippen LogP contribution in [-0.2, 0) is 19.1 Å². The summed E-state index contributed by atoms with van der Waals surface area (Å²) in [6, 6.07) is 16.7. The molecule has 0 aromatic heterocycles. The number of hydrogen-bond donors (Lipinski definition) is 0. The van der Waals surface area contributed by atoms with Crippen LogP contribution < -0.4 is 0 Å². The van der Waals surface area contributed by atoms with Crippen LogP contribution in [0.4, 0.5) is 0 Å². The van der Waals surface area contributed by atoms with Crippen molar-refractivity contribution in [3.8, 4) is 0 Å². The summed E-state index contributed by atoms with van der Waals surface area (Å²) < 4.78 is 8.51. The van der Waals surface area contributed by atoms with Crippen molar-refractivity contribution in [3.63, 3.8) is 0 Å². The second-order valence-electron chi connectivity index (χ2n) is 3.97. The molecule has 0 N–H and O–H groups in total. The molecule has 0 unspecified atom stereocenters. The summed E-state index contributed by atoms with van der Waals surface area (Å²) in [5.74, 6) is -0.456. The monoisotopic (exact) mass is 350 g/mol. The molecule has 142 valence electrons. The predicted octanol–water partition coefficient (Wildman–Crippen LogP) is 5.64. The highest BCUT2D eigenvalue weighted by atomic mass is 16.5. The molecular formula is C21H34O4. The van der Waals surface area contributed by atoms with E-state index in [-0.39, 0.29) is 11.9 Å². The first-order chi connectivity index (χ1) is 12.0. The van der Waals surface area contributed by atoms with E-state index in [1.165, 1.54) is 31.7 Å². The van der Waals surface area contributed by atoms with Gasteiger partial charge in [0.2, 0.25) is 0 Å². The van der Waals surface area contributed by atoms with Crippen LogP contribution in [0.3, 0.4) is 0 Å². The Bertz CT molecular complexity index is 485. The van der Waals surface area contributed by atoms with Gasteiger partial charge < -0.3 is 9.47 Å². The Labute approximate surface area is 153 Å². The summed E-state index contributed by atoms with van der Waals surface area (Å²) in [7, 11) is 1.35. The largest absolute Gasteiger partial charge is 0.469 e. The van der Waals surface area contributed by atoms with Crippen LogP contribution in [0.5, 0.6) is 0 Å². The van der Waals surface area contributed by atoms with E-state index in [4.69, 9.17) is 0 Å². The maximum atomic E-state index is 9.82. The van der Waals surface area contributed by atoms with Crippen LogP contribution in [0.1, 0.15) is 48.5 Å². The summed E-state index contributed by atoms with van der Waals surface area (Å²) in [5, 5.41) is 2.62. The lowest BCUT2D eigenvalue weighted by atomic mass is 10.1. The normalized spacial score (nSPS) is 7.68. The number of hydrogen-bond acceptors (Lipinski definition) is 4. The number of fused-ring (bicyclic) bond motifs is 1. The number of carbonyl (C=O) groups is 2. The highest BCUT2D eigenvalue weighted by Gasteiger charge is 1.85. The first kappa shape index (κ1) is 27.5. The van der Waals surface area contributed by atoms with E-state index in [2.05, 4.69) is 58.0 Å². The Morgan fingerprint density at radius 2 is 1.04 bits per heavy atom. The van der Waals surface area contributed by atoms with E-state index in [0.717, 1.165) is 0 Å². The first-order valence-corrected chi connectivity index (χ1v) is 8.63. The number of rotatable bonds is 1. The third-order valence-corrected chi connectivity index (χ3v) is 2.29. The molecule has 4 nitrogen and oxygen atoms in total. The molecule has 0 radical (unpaired) electrons. The van der Waals surface area contributed by atoms with Crippen LogP contribution in [0.25, 0.3) is 10.8 Å². The molecule has 0 bridgehead atoms. The fraction of sp³-hybridized carbons (Fsp3) is 0.429. The van der Waals surface area contributed by atoms with Gasteiger partial charge in [0.25, 0.3) is 0 Å². The van der Waals surface area contributed by atoms with Crippen LogP contribution in [0.15, 0.2) is 48.5 Å². The van der Waals surface area contributed by atoms with E-state index in [1.54, 1.807) is 6.92 Å². The van der Waals surface area contributed by atoms with Crippen molar-refractivity contribution < 1.29 is 19.1 Å². The minimum Gasteiger partial charge on any atom is -0.469 e. The lowest BCUT2D eigenvalue weighted by molar-refractivity contribution is -0.140. The molecule has 0 saturated heterocycles. The smallest absolute Gasteiger partial charge is 0.302 e. The maximum absolute atomic E-state index is 9.82. The van der Waals surface area contributed by atoms with Gasteiger partial charge in [-0.15, -0.1) is 0 Å². The van der Waals surface area contributed by atoms with Crippen LogP contribution >= 0.6 is 0 Å². The molecule has 4 heteroatoms. The zero-order valence-electron chi connectivity index (χ0n) is 17.0. The van der Waals surface area contributed by atoms with Gasteiger partial charge in [0.1, 0.15) is 0 Å². The van der Waals surface area contributed by atoms with Gasteiger partial charge in [-0.3, -0.25) is 9.59 Å². The molecule has 2 aromatic carbocycles. The van der Waals surface area contributed by atoms with Crippen molar-refractivity contribution in [2.24, 2.45) is 0 Å². The zero-order valence-corrected chi connectivity index (χ0v) is 17.0. The van der Waals surface area contributed by atoms with Gasteiger partial charge in [0, 0.05) is 13.8 Å². The Hall–Kier alpha value is -2.36. The van der Waals surface area contributed by atoms with Crippen LogP contribution in [0, 0.1) is 0 Å². The Morgan fingerprint density at radius 1 is 0.760 bits per heavy atom. The minimum absolute atomic E-state index is 0.211. The molecule has 0 saturated carbocycles. The van der Waals surface area contributed by atoms with Gasteiger partial charge in [-0.1, -0.05) is 76.2 Å². The van der Waals surface area contributed by atoms with Gasteiger partial charge in [-0.2, -0.15) is 0 Å². The first-order valence-electron chi connectivity index (χ1n) is 8.63. The van der Waals surface area contributed by atoms with E-state index < -0.39 is 0 Å². The van der Waals surface area contributed by atoms with Crippen LogP contribution in [0.2, 0.25) is 0 Å². The highest BCUT2D eigenvalue weighted by molar-refractivity contribution is 5.82. The van der Waals surface area contributed by atoms with Crippen molar-refractivity contribution in [1.82, 2.24) is 0 Å². The van der Waals surface area contributed by atoms with Crippen molar-refractivity contribution >= 4 is 22.7 Å². The quantitative estimate of drug-likeness (QED) is 0.624.